The predicted octanol–water partition coefficient (Wildman–Crippen LogP) is 2.17. The summed E-state index contributed by atoms with van der Waals surface area (Å²) in [5, 5.41) is 7.97. The van der Waals surface area contributed by atoms with Crippen molar-refractivity contribution in [2.24, 2.45) is 0 Å². The van der Waals surface area contributed by atoms with Crippen molar-refractivity contribution in [2.75, 3.05) is 11.9 Å². The Hall–Kier alpha value is -0.940. The fourth-order valence-electron chi connectivity index (χ4n) is 1.18. The topological polar surface area (TPSA) is 54.0 Å². The van der Waals surface area contributed by atoms with Gasteiger partial charge < -0.3 is 10.6 Å². The van der Waals surface area contributed by atoms with Gasteiger partial charge in [-0.15, -0.1) is 0 Å². The average Bonchev–Trinajstić information content (AvgIpc) is 2.49. The van der Waals surface area contributed by atoms with Gasteiger partial charge in [-0.25, -0.2) is 0 Å². The molecule has 4 nitrogen and oxygen atoms in total. The van der Waals surface area contributed by atoms with Crippen LogP contribution in [0.3, 0.4) is 0 Å². The second-order valence-electron chi connectivity index (χ2n) is 4.79. The van der Waals surface area contributed by atoms with Crippen LogP contribution in [0.5, 0.6) is 0 Å². The Bertz CT molecular complexity index is 354. The van der Waals surface area contributed by atoms with E-state index in [-0.39, 0.29) is 11.4 Å². The Morgan fingerprint density at radius 3 is 2.69 bits per heavy atom. The van der Waals surface area contributed by atoms with E-state index in [1.54, 1.807) is 0 Å². The molecule has 16 heavy (non-hydrogen) atoms. The third-order valence-corrected chi connectivity index (χ3v) is 2.75. The lowest BCUT2D eigenvalue weighted by atomic mass is 10.1. The van der Waals surface area contributed by atoms with Gasteiger partial charge in [0.05, 0.1) is 11.4 Å². The molecule has 0 aliphatic carbocycles. The fourth-order valence-corrected chi connectivity index (χ4v) is 1.82. The van der Waals surface area contributed by atoms with Crippen molar-refractivity contribution in [1.29, 1.82) is 0 Å². The first-order valence-corrected chi connectivity index (χ1v) is 6.18. The lowest BCUT2D eigenvalue weighted by Gasteiger charge is -2.20. The lowest BCUT2D eigenvalue weighted by Crippen LogP contribution is -2.37. The largest absolute Gasteiger partial charge is 0.324 e. The summed E-state index contributed by atoms with van der Waals surface area (Å²) in [7, 11) is 0. The summed E-state index contributed by atoms with van der Waals surface area (Å²) in [6.07, 6.45) is 0.479. The molecule has 0 aliphatic rings. The lowest BCUT2D eigenvalue weighted by molar-refractivity contribution is -0.116. The summed E-state index contributed by atoms with van der Waals surface area (Å²) in [6.45, 7) is 8.82. The number of amides is 1. The first-order chi connectivity index (χ1) is 7.38. The molecule has 5 heteroatoms. The molecular weight excluding hydrogens is 222 g/mol. The number of hydrogen-bond acceptors (Lipinski definition) is 4. The maximum Gasteiger partial charge on any atom is 0.225 e. The number of hydrogen-bond donors (Lipinski definition) is 2. The summed E-state index contributed by atoms with van der Waals surface area (Å²) in [5.41, 5.74) is 1.76. The zero-order valence-corrected chi connectivity index (χ0v) is 11.1. The highest BCUT2D eigenvalue weighted by Crippen LogP contribution is 2.15. The van der Waals surface area contributed by atoms with Gasteiger partial charge in [-0.05, 0) is 39.2 Å². The van der Waals surface area contributed by atoms with Crippen LogP contribution in [0.4, 0.5) is 5.69 Å². The van der Waals surface area contributed by atoms with Crippen molar-refractivity contribution < 1.29 is 4.79 Å². The quantitative estimate of drug-likeness (QED) is 0.849. The van der Waals surface area contributed by atoms with E-state index < -0.39 is 0 Å². The number of carbonyl (C=O) groups excluding carboxylic acids is 1. The molecular formula is C11H19N3OS. The number of anilines is 1. The van der Waals surface area contributed by atoms with Crippen LogP contribution in [0.25, 0.3) is 0 Å². The first-order valence-electron chi connectivity index (χ1n) is 5.34. The summed E-state index contributed by atoms with van der Waals surface area (Å²) in [4.78, 5) is 11.6. The van der Waals surface area contributed by atoms with Gasteiger partial charge in [0.1, 0.15) is 0 Å². The van der Waals surface area contributed by atoms with Gasteiger partial charge in [-0.3, -0.25) is 4.79 Å². The third-order valence-electron chi connectivity index (χ3n) is 2.03. The summed E-state index contributed by atoms with van der Waals surface area (Å²) < 4.78 is 4.10. The molecule has 0 bridgehead atoms. The van der Waals surface area contributed by atoms with Crippen LogP contribution in [-0.2, 0) is 4.79 Å². The smallest absolute Gasteiger partial charge is 0.225 e. The zero-order chi connectivity index (χ0) is 12.2. The fraction of sp³-hybridized carbons (Fsp3) is 0.636. The van der Waals surface area contributed by atoms with Crippen molar-refractivity contribution in [1.82, 2.24) is 9.69 Å². The highest BCUT2D eigenvalue weighted by atomic mass is 32.1. The van der Waals surface area contributed by atoms with Crippen LogP contribution in [0.15, 0.2) is 5.38 Å². The standard InChI is InChI=1S/C11H19N3OS/c1-8-9(7-16-14-8)13-10(15)5-6-12-11(2,3)4/h7,12H,5-6H2,1-4H3,(H,13,15). The molecule has 0 aromatic carbocycles. The molecule has 1 heterocycles. The average molecular weight is 241 g/mol. The minimum absolute atomic E-state index is 0.0278. The van der Waals surface area contributed by atoms with Gasteiger partial charge >= 0.3 is 0 Å². The van der Waals surface area contributed by atoms with Gasteiger partial charge in [0.25, 0.3) is 0 Å². The Labute approximate surface area is 101 Å². The second kappa shape index (κ2) is 5.41. The minimum atomic E-state index is 0.0278. The molecule has 1 rings (SSSR count). The highest BCUT2D eigenvalue weighted by Gasteiger charge is 2.10. The Morgan fingerprint density at radius 1 is 1.50 bits per heavy atom. The molecule has 0 unspecified atom stereocenters. The maximum atomic E-state index is 11.6. The summed E-state index contributed by atoms with van der Waals surface area (Å²) in [5.74, 6) is 0.0278. The summed E-state index contributed by atoms with van der Waals surface area (Å²) in [6, 6.07) is 0. The highest BCUT2D eigenvalue weighted by molar-refractivity contribution is 7.04. The van der Waals surface area contributed by atoms with E-state index in [0.29, 0.717) is 13.0 Å². The molecule has 0 spiro atoms. The molecule has 1 amide bonds. The first kappa shape index (κ1) is 13.1. The molecule has 2 N–H and O–H groups in total. The monoisotopic (exact) mass is 241 g/mol. The van der Waals surface area contributed by atoms with Crippen molar-refractivity contribution >= 4 is 23.1 Å². The van der Waals surface area contributed by atoms with Crippen LogP contribution in [0.1, 0.15) is 32.9 Å². The van der Waals surface area contributed by atoms with E-state index in [4.69, 9.17) is 0 Å². The van der Waals surface area contributed by atoms with Gasteiger partial charge in [0.2, 0.25) is 5.91 Å². The molecule has 0 aliphatic heterocycles. The molecule has 0 fully saturated rings. The van der Waals surface area contributed by atoms with Gasteiger partial charge in [0, 0.05) is 23.9 Å². The van der Waals surface area contributed by atoms with Crippen LogP contribution >= 0.6 is 11.5 Å². The molecule has 1 aromatic rings. The molecule has 0 saturated carbocycles. The number of rotatable bonds is 4. The van der Waals surface area contributed by atoms with Crippen LogP contribution < -0.4 is 10.6 Å². The van der Waals surface area contributed by atoms with Gasteiger partial charge in [0.15, 0.2) is 0 Å². The maximum absolute atomic E-state index is 11.6. The van der Waals surface area contributed by atoms with Crippen molar-refractivity contribution in [3.63, 3.8) is 0 Å². The van der Waals surface area contributed by atoms with Gasteiger partial charge in [-0.1, -0.05) is 0 Å². The van der Waals surface area contributed by atoms with E-state index in [2.05, 4.69) is 35.8 Å². The normalized spacial score (nSPS) is 11.5. The second-order valence-corrected chi connectivity index (χ2v) is 5.42. The SMILES string of the molecule is Cc1nscc1NC(=O)CCNC(C)(C)C. The number of nitrogens with zero attached hydrogens (tertiary/aromatic N) is 1. The molecule has 90 valence electrons. The molecule has 0 saturated heterocycles. The Balaban J connectivity index is 2.30. The Kier molecular flexibility index (Phi) is 4.44. The summed E-state index contributed by atoms with van der Waals surface area (Å²) >= 11 is 1.36. The van der Waals surface area contributed by atoms with E-state index in [0.717, 1.165) is 11.4 Å². The molecule has 0 radical (unpaired) electrons. The predicted molar refractivity (Wildman–Crippen MR) is 67.9 cm³/mol. The van der Waals surface area contributed by atoms with Crippen molar-refractivity contribution in [3.8, 4) is 0 Å². The zero-order valence-electron chi connectivity index (χ0n) is 10.3. The number of nitrogens with one attached hydrogen (secondary N) is 2. The minimum Gasteiger partial charge on any atom is -0.324 e. The van der Waals surface area contributed by atoms with Crippen LogP contribution in [-0.4, -0.2) is 22.4 Å². The number of aryl methyl sites for hydroxylation is 1. The number of aromatic nitrogens is 1. The van der Waals surface area contributed by atoms with Crippen molar-refractivity contribution in [2.45, 2.75) is 39.7 Å². The molecule has 0 atom stereocenters. The van der Waals surface area contributed by atoms with Crippen LogP contribution in [0, 0.1) is 6.92 Å². The van der Waals surface area contributed by atoms with Gasteiger partial charge in [-0.2, -0.15) is 4.37 Å². The van der Waals surface area contributed by atoms with E-state index in [9.17, 15) is 4.79 Å². The third kappa shape index (κ3) is 4.72. The van der Waals surface area contributed by atoms with E-state index >= 15 is 0 Å². The Morgan fingerprint density at radius 2 is 2.19 bits per heavy atom. The number of carbonyl (C=O) groups is 1. The van der Waals surface area contributed by atoms with E-state index in [1.165, 1.54) is 11.5 Å². The molecule has 1 aromatic heterocycles. The van der Waals surface area contributed by atoms with Crippen LogP contribution in [0.2, 0.25) is 0 Å². The van der Waals surface area contributed by atoms with E-state index in [1.807, 2.05) is 12.3 Å². The van der Waals surface area contributed by atoms with Crippen molar-refractivity contribution in [3.05, 3.63) is 11.1 Å².